The number of aryl methyl sites for hydroxylation is 1. The maximum absolute atomic E-state index is 11.8. The molecule has 0 fully saturated rings. The van der Waals surface area contributed by atoms with Gasteiger partial charge in [-0.25, -0.2) is 4.79 Å². The first kappa shape index (κ1) is 12.1. The van der Waals surface area contributed by atoms with Crippen LogP contribution in [0.25, 0.3) is 0 Å². The van der Waals surface area contributed by atoms with E-state index in [1.54, 1.807) is 6.92 Å². The summed E-state index contributed by atoms with van der Waals surface area (Å²) in [6, 6.07) is -0.378. The minimum absolute atomic E-state index is 0.162. The highest BCUT2D eigenvalue weighted by atomic mass is 16.5. The molecule has 0 saturated carbocycles. The van der Waals surface area contributed by atoms with Crippen LogP contribution in [-0.4, -0.2) is 26.0 Å². The molecule has 2 heterocycles. The van der Waals surface area contributed by atoms with Gasteiger partial charge in [0, 0.05) is 6.20 Å². The summed E-state index contributed by atoms with van der Waals surface area (Å²) < 4.78 is 5.00. The number of amides is 1. The van der Waals surface area contributed by atoms with Crippen molar-refractivity contribution >= 4 is 5.91 Å². The summed E-state index contributed by atoms with van der Waals surface area (Å²) >= 11 is 0. The summed E-state index contributed by atoms with van der Waals surface area (Å²) in [6.45, 7) is 3.58. The largest absolute Gasteiger partial charge is 0.339 e. The molecule has 1 amide bonds. The average molecular weight is 251 g/mol. The zero-order valence-corrected chi connectivity index (χ0v) is 9.98. The minimum Gasteiger partial charge on any atom is -0.339 e. The van der Waals surface area contributed by atoms with E-state index in [1.165, 1.54) is 6.20 Å². The van der Waals surface area contributed by atoms with E-state index in [4.69, 9.17) is 4.52 Å². The van der Waals surface area contributed by atoms with Crippen LogP contribution in [0.15, 0.2) is 15.5 Å². The molecular formula is C10H13N5O3. The highest BCUT2D eigenvalue weighted by molar-refractivity contribution is 5.92. The molecule has 0 bridgehead atoms. The number of aromatic nitrogens is 4. The molecule has 3 N–H and O–H groups in total. The molecule has 0 saturated heterocycles. The number of carbonyl (C=O) groups is 1. The zero-order chi connectivity index (χ0) is 13.1. The van der Waals surface area contributed by atoms with Gasteiger partial charge in [0.05, 0.1) is 0 Å². The van der Waals surface area contributed by atoms with Crippen molar-refractivity contribution in [3.8, 4) is 0 Å². The van der Waals surface area contributed by atoms with Crippen molar-refractivity contribution in [1.29, 1.82) is 0 Å². The van der Waals surface area contributed by atoms with E-state index in [-0.39, 0.29) is 11.7 Å². The van der Waals surface area contributed by atoms with Crippen molar-refractivity contribution in [2.24, 2.45) is 0 Å². The molecule has 8 nitrogen and oxygen atoms in total. The lowest BCUT2D eigenvalue weighted by atomic mass is 10.2. The number of rotatable bonds is 4. The van der Waals surface area contributed by atoms with Gasteiger partial charge in [0.2, 0.25) is 5.89 Å². The number of nitrogens with one attached hydrogen (secondary N) is 3. The second-order valence-electron chi connectivity index (χ2n) is 3.77. The SMILES string of the molecule is CC[C@H](NC(=O)c1c[nH]c(=O)[nH]1)c1nc(C)no1. The van der Waals surface area contributed by atoms with Crippen LogP contribution in [0.3, 0.4) is 0 Å². The Kier molecular flexibility index (Phi) is 3.26. The fourth-order valence-electron chi connectivity index (χ4n) is 1.48. The second-order valence-corrected chi connectivity index (χ2v) is 3.77. The van der Waals surface area contributed by atoms with Crippen LogP contribution in [0, 0.1) is 6.92 Å². The Bertz CT molecular complexity index is 596. The number of hydrogen-bond acceptors (Lipinski definition) is 5. The van der Waals surface area contributed by atoms with Crippen LogP contribution in [0.1, 0.15) is 41.6 Å². The highest BCUT2D eigenvalue weighted by Crippen LogP contribution is 2.14. The van der Waals surface area contributed by atoms with Crippen LogP contribution in [-0.2, 0) is 0 Å². The van der Waals surface area contributed by atoms with Crippen LogP contribution >= 0.6 is 0 Å². The predicted octanol–water partition coefficient (Wildman–Crippen LogP) is 0.276. The topological polar surface area (TPSA) is 117 Å². The van der Waals surface area contributed by atoms with Gasteiger partial charge in [0.1, 0.15) is 11.7 Å². The fraction of sp³-hybridized carbons (Fsp3) is 0.400. The van der Waals surface area contributed by atoms with Gasteiger partial charge >= 0.3 is 5.69 Å². The molecule has 0 aromatic carbocycles. The van der Waals surface area contributed by atoms with Gasteiger partial charge in [-0.3, -0.25) is 4.79 Å². The third-order valence-corrected chi connectivity index (χ3v) is 2.40. The lowest BCUT2D eigenvalue weighted by molar-refractivity contribution is 0.0922. The molecule has 2 rings (SSSR count). The number of aromatic amines is 2. The van der Waals surface area contributed by atoms with Crippen LogP contribution < -0.4 is 11.0 Å². The van der Waals surface area contributed by atoms with E-state index in [9.17, 15) is 9.59 Å². The van der Waals surface area contributed by atoms with Crippen molar-refractivity contribution in [1.82, 2.24) is 25.4 Å². The van der Waals surface area contributed by atoms with Crippen molar-refractivity contribution in [2.45, 2.75) is 26.3 Å². The molecule has 0 aliphatic carbocycles. The Labute approximate surface area is 102 Å². The Hall–Kier alpha value is -2.38. The predicted molar refractivity (Wildman–Crippen MR) is 60.9 cm³/mol. The van der Waals surface area contributed by atoms with Gasteiger partial charge in [-0.15, -0.1) is 0 Å². The van der Waals surface area contributed by atoms with Crippen LogP contribution in [0.2, 0.25) is 0 Å². The monoisotopic (exact) mass is 251 g/mol. The number of hydrogen-bond donors (Lipinski definition) is 3. The standard InChI is InChI=1S/C10H13N5O3/c1-3-6(9-12-5(2)15-18-9)13-8(16)7-4-11-10(17)14-7/h4,6H,3H2,1-2H3,(H,13,16)(H2,11,14,17)/t6-/m0/s1. The summed E-state index contributed by atoms with van der Waals surface area (Å²) in [7, 11) is 0. The van der Waals surface area contributed by atoms with Gasteiger partial charge in [-0.05, 0) is 13.3 Å². The lowest BCUT2D eigenvalue weighted by Crippen LogP contribution is -2.29. The Morgan fingerprint density at radius 2 is 2.39 bits per heavy atom. The molecule has 96 valence electrons. The quantitative estimate of drug-likeness (QED) is 0.721. The Morgan fingerprint density at radius 1 is 1.61 bits per heavy atom. The molecule has 0 spiro atoms. The highest BCUT2D eigenvalue weighted by Gasteiger charge is 2.20. The van der Waals surface area contributed by atoms with Gasteiger partial charge in [0.25, 0.3) is 5.91 Å². The van der Waals surface area contributed by atoms with Gasteiger partial charge in [-0.2, -0.15) is 4.98 Å². The maximum atomic E-state index is 11.8. The summed E-state index contributed by atoms with van der Waals surface area (Å²) in [5.41, 5.74) is -0.267. The third-order valence-electron chi connectivity index (χ3n) is 2.40. The van der Waals surface area contributed by atoms with Gasteiger partial charge in [0.15, 0.2) is 5.82 Å². The van der Waals surface area contributed by atoms with Gasteiger partial charge in [-0.1, -0.05) is 12.1 Å². The van der Waals surface area contributed by atoms with E-state index in [1.807, 2.05) is 6.92 Å². The first-order valence-corrected chi connectivity index (χ1v) is 5.49. The second kappa shape index (κ2) is 4.86. The number of nitrogens with zero attached hydrogens (tertiary/aromatic N) is 2. The molecule has 0 unspecified atom stereocenters. The molecule has 0 radical (unpaired) electrons. The van der Waals surface area contributed by atoms with E-state index >= 15 is 0 Å². The van der Waals surface area contributed by atoms with Gasteiger partial charge < -0.3 is 19.8 Å². The smallest absolute Gasteiger partial charge is 0.323 e. The summed E-state index contributed by atoms with van der Waals surface area (Å²) in [5, 5.41) is 6.37. The molecule has 18 heavy (non-hydrogen) atoms. The van der Waals surface area contributed by atoms with Crippen LogP contribution in [0.5, 0.6) is 0 Å². The molecule has 0 aliphatic rings. The molecule has 0 aliphatic heterocycles. The minimum atomic E-state index is -0.429. The summed E-state index contributed by atoms with van der Waals surface area (Å²) in [6.07, 6.45) is 1.91. The van der Waals surface area contributed by atoms with Crippen LogP contribution in [0.4, 0.5) is 0 Å². The molecule has 1 atom stereocenters. The van der Waals surface area contributed by atoms with E-state index < -0.39 is 11.6 Å². The van der Waals surface area contributed by atoms with Crippen molar-refractivity contribution in [3.05, 3.63) is 34.1 Å². The maximum Gasteiger partial charge on any atom is 0.323 e. The average Bonchev–Trinajstić information content (AvgIpc) is 2.94. The summed E-state index contributed by atoms with van der Waals surface area (Å²) in [4.78, 5) is 31.5. The zero-order valence-electron chi connectivity index (χ0n) is 9.98. The van der Waals surface area contributed by atoms with Crippen molar-refractivity contribution in [3.63, 3.8) is 0 Å². The number of imidazole rings is 1. The molecule has 2 aromatic rings. The first-order valence-electron chi connectivity index (χ1n) is 5.49. The normalized spacial score (nSPS) is 12.3. The summed E-state index contributed by atoms with van der Waals surface area (Å²) in [5.74, 6) is 0.449. The van der Waals surface area contributed by atoms with E-state index in [0.717, 1.165) is 0 Å². The van der Waals surface area contributed by atoms with Crippen molar-refractivity contribution in [2.75, 3.05) is 0 Å². The number of H-pyrrole nitrogens is 2. The lowest BCUT2D eigenvalue weighted by Gasteiger charge is -2.11. The Morgan fingerprint density at radius 3 is 2.89 bits per heavy atom. The van der Waals surface area contributed by atoms with E-state index in [2.05, 4.69) is 25.4 Å². The van der Waals surface area contributed by atoms with E-state index in [0.29, 0.717) is 18.1 Å². The third kappa shape index (κ3) is 2.47. The Balaban J connectivity index is 2.11. The first-order chi connectivity index (χ1) is 8.60. The van der Waals surface area contributed by atoms with Crippen molar-refractivity contribution < 1.29 is 9.32 Å². The fourth-order valence-corrected chi connectivity index (χ4v) is 1.48. The molecule has 8 heteroatoms. The number of carbonyl (C=O) groups excluding carboxylic acids is 1. The molecular weight excluding hydrogens is 238 g/mol. The molecule has 2 aromatic heterocycles.